The molecule has 0 aliphatic carbocycles. The van der Waals surface area contributed by atoms with Gasteiger partial charge < -0.3 is 9.52 Å². The van der Waals surface area contributed by atoms with Gasteiger partial charge in [0.2, 0.25) is 0 Å². The number of rotatable bonds is 1. The zero-order valence-electron chi connectivity index (χ0n) is 11.6. The van der Waals surface area contributed by atoms with Crippen molar-refractivity contribution < 1.29 is 9.52 Å². The summed E-state index contributed by atoms with van der Waals surface area (Å²) in [5, 5.41) is 12.1. The molecule has 4 rings (SSSR count). The molecule has 0 bridgehead atoms. The van der Waals surface area contributed by atoms with Crippen LogP contribution in [0.5, 0.6) is 5.75 Å². The predicted molar refractivity (Wildman–Crippen MR) is 87.1 cm³/mol. The molecule has 106 valence electrons. The minimum absolute atomic E-state index is 0.188. The Bertz CT molecular complexity index is 1050. The second-order valence-electron chi connectivity index (χ2n) is 5.19. The highest BCUT2D eigenvalue weighted by atomic mass is 16.4. The normalized spacial score (nSPS) is 11.1. The summed E-state index contributed by atoms with van der Waals surface area (Å²) in [5.74, 6) is 0.188. The van der Waals surface area contributed by atoms with E-state index in [0.717, 1.165) is 27.3 Å². The van der Waals surface area contributed by atoms with Gasteiger partial charge in [-0.1, -0.05) is 36.4 Å². The fourth-order valence-corrected chi connectivity index (χ4v) is 2.79. The highest BCUT2D eigenvalue weighted by Crippen LogP contribution is 2.32. The minimum atomic E-state index is -0.382. The summed E-state index contributed by atoms with van der Waals surface area (Å²) >= 11 is 0. The third-order valence-electron chi connectivity index (χ3n) is 3.79. The Morgan fingerprint density at radius 3 is 2.41 bits per heavy atom. The van der Waals surface area contributed by atoms with Crippen LogP contribution >= 0.6 is 0 Å². The first-order valence-corrected chi connectivity index (χ1v) is 6.97. The van der Waals surface area contributed by atoms with Crippen LogP contribution in [0.25, 0.3) is 32.9 Å². The van der Waals surface area contributed by atoms with E-state index in [9.17, 15) is 9.90 Å². The van der Waals surface area contributed by atoms with Crippen LogP contribution in [-0.2, 0) is 0 Å². The number of hydrogen-bond donors (Lipinski definition) is 1. The lowest BCUT2D eigenvalue weighted by molar-refractivity contribution is 0.476. The average Bonchev–Trinajstić information content (AvgIpc) is 2.54. The zero-order valence-corrected chi connectivity index (χ0v) is 11.6. The van der Waals surface area contributed by atoms with E-state index in [0.29, 0.717) is 5.58 Å². The Morgan fingerprint density at radius 1 is 0.818 bits per heavy atom. The molecule has 0 fully saturated rings. The number of aromatic hydroxyl groups is 1. The summed E-state index contributed by atoms with van der Waals surface area (Å²) in [7, 11) is 0. The van der Waals surface area contributed by atoms with Crippen molar-refractivity contribution in [1.82, 2.24) is 0 Å². The average molecular weight is 288 g/mol. The lowest BCUT2D eigenvalue weighted by Gasteiger charge is -2.08. The maximum absolute atomic E-state index is 12.0. The number of hydrogen-bond acceptors (Lipinski definition) is 3. The Hall–Kier alpha value is -3.07. The van der Waals surface area contributed by atoms with E-state index in [4.69, 9.17) is 4.42 Å². The van der Waals surface area contributed by atoms with E-state index >= 15 is 0 Å². The second kappa shape index (κ2) is 4.74. The molecule has 0 saturated heterocycles. The molecule has 0 amide bonds. The van der Waals surface area contributed by atoms with Gasteiger partial charge in [-0.25, -0.2) is 4.79 Å². The summed E-state index contributed by atoms with van der Waals surface area (Å²) in [6, 6.07) is 20.1. The van der Waals surface area contributed by atoms with Crippen molar-refractivity contribution in [3.63, 3.8) is 0 Å². The van der Waals surface area contributed by atoms with Crippen molar-refractivity contribution in [3.05, 3.63) is 77.2 Å². The molecule has 1 heterocycles. The van der Waals surface area contributed by atoms with Gasteiger partial charge in [0.05, 0.1) is 0 Å². The molecule has 1 aromatic heterocycles. The van der Waals surface area contributed by atoms with Crippen LogP contribution in [0.1, 0.15) is 0 Å². The van der Waals surface area contributed by atoms with Gasteiger partial charge in [-0.3, -0.25) is 0 Å². The van der Waals surface area contributed by atoms with Crippen molar-refractivity contribution in [2.75, 3.05) is 0 Å². The standard InChI is InChI=1S/C19H12O3/c20-14-7-9-15-13(10-14)6-8-16-17(11-18(21)22-19(15)16)12-4-2-1-3-5-12/h1-11,20H. The maximum atomic E-state index is 12.0. The Morgan fingerprint density at radius 2 is 1.59 bits per heavy atom. The van der Waals surface area contributed by atoms with E-state index in [1.54, 1.807) is 18.2 Å². The molecule has 0 saturated carbocycles. The fourth-order valence-electron chi connectivity index (χ4n) is 2.79. The molecule has 4 aromatic rings. The third kappa shape index (κ3) is 1.95. The Kier molecular flexibility index (Phi) is 2.73. The third-order valence-corrected chi connectivity index (χ3v) is 3.79. The van der Waals surface area contributed by atoms with Gasteiger partial charge in [0.25, 0.3) is 0 Å². The lowest BCUT2D eigenvalue weighted by atomic mass is 9.99. The van der Waals surface area contributed by atoms with Gasteiger partial charge in [0.15, 0.2) is 0 Å². The molecular weight excluding hydrogens is 276 g/mol. The van der Waals surface area contributed by atoms with Gasteiger partial charge in [-0.15, -0.1) is 0 Å². The van der Waals surface area contributed by atoms with Gasteiger partial charge in [0.1, 0.15) is 11.3 Å². The summed E-state index contributed by atoms with van der Waals surface area (Å²) in [4.78, 5) is 12.0. The van der Waals surface area contributed by atoms with Crippen molar-refractivity contribution in [1.29, 1.82) is 0 Å². The molecule has 0 aliphatic heterocycles. The molecule has 0 atom stereocenters. The van der Waals surface area contributed by atoms with E-state index in [1.165, 1.54) is 6.07 Å². The van der Waals surface area contributed by atoms with Crippen molar-refractivity contribution in [3.8, 4) is 16.9 Å². The van der Waals surface area contributed by atoms with Crippen LogP contribution < -0.4 is 5.63 Å². The number of benzene rings is 3. The van der Waals surface area contributed by atoms with E-state index in [-0.39, 0.29) is 11.4 Å². The number of phenolic OH excluding ortho intramolecular Hbond substituents is 1. The van der Waals surface area contributed by atoms with Crippen molar-refractivity contribution >= 4 is 21.7 Å². The quantitative estimate of drug-likeness (QED) is 0.419. The molecule has 1 N–H and O–H groups in total. The molecule has 22 heavy (non-hydrogen) atoms. The van der Waals surface area contributed by atoms with Gasteiger partial charge >= 0.3 is 5.63 Å². The Labute approximate surface area is 126 Å². The first kappa shape index (κ1) is 12.7. The summed E-state index contributed by atoms with van der Waals surface area (Å²) in [6.07, 6.45) is 0. The SMILES string of the molecule is O=c1cc(-c2ccccc2)c2ccc3cc(O)ccc3c2o1. The predicted octanol–water partition coefficient (Wildman–Crippen LogP) is 4.32. The molecule has 3 nitrogen and oxygen atoms in total. The summed E-state index contributed by atoms with van der Waals surface area (Å²) in [6.45, 7) is 0. The van der Waals surface area contributed by atoms with Crippen molar-refractivity contribution in [2.24, 2.45) is 0 Å². The first-order valence-electron chi connectivity index (χ1n) is 6.97. The molecule has 0 aliphatic rings. The number of fused-ring (bicyclic) bond motifs is 3. The topological polar surface area (TPSA) is 50.4 Å². The van der Waals surface area contributed by atoms with Gasteiger partial charge in [0, 0.05) is 16.8 Å². The largest absolute Gasteiger partial charge is 0.508 e. The minimum Gasteiger partial charge on any atom is -0.508 e. The first-order chi connectivity index (χ1) is 10.7. The van der Waals surface area contributed by atoms with E-state index in [1.807, 2.05) is 42.5 Å². The summed E-state index contributed by atoms with van der Waals surface area (Å²) < 4.78 is 5.44. The molecule has 0 unspecified atom stereocenters. The monoisotopic (exact) mass is 288 g/mol. The molecule has 0 spiro atoms. The second-order valence-corrected chi connectivity index (χ2v) is 5.19. The van der Waals surface area contributed by atoms with Gasteiger partial charge in [-0.2, -0.15) is 0 Å². The number of phenols is 1. The summed E-state index contributed by atoms with van der Waals surface area (Å²) in [5.41, 5.74) is 1.98. The van der Waals surface area contributed by atoms with Crippen LogP contribution in [0.3, 0.4) is 0 Å². The maximum Gasteiger partial charge on any atom is 0.336 e. The van der Waals surface area contributed by atoms with Crippen LogP contribution in [0.15, 0.2) is 75.9 Å². The highest BCUT2D eigenvalue weighted by Gasteiger charge is 2.10. The van der Waals surface area contributed by atoms with E-state index < -0.39 is 0 Å². The molecule has 3 heteroatoms. The van der Waals surface area contributed by atoms with Crippen molar-refractivity contribution in [2.45, 2.75) is 0 Å². The fraction of sp³-hybridized carbons (Fsp3) is 0. The molecule has 0 radical (unpaired) electrons. The zero-order chi connectivity index (χ0) is 15.1. The van der Waals surface area contributed by atoms with Crippen LogP contribution in [-0.4, -0.2) is 5.11 Å². The lowest BCUT2D eigenvalue weighted by Crippen LogP contribution is -1.98. The van der Waals surface area contributed by atoms with Crippen LogP contribution in [0.2, 0.25) is 0 Å². The van der Waals surface area contributed by atoms with E-state index in [2.05, 4.69) is 0 Å². The Balaban J connectivity index is 2.16. The van der Waals surface area contributed by atoms with Crippen LogP contribution in [0, 0.1) is 0 Å². The molecular formula is C19H12O3. The molecule has 3 aromatic carbocycles. The van der Waals surface area contributed by atoms with Crippen LogP contribution in [0.4, 0.5) is 0 Å². The highest BCUT2D eigenvalue weighted by molar-refractivity contribution is 6.08. The van der Waals surface area contributed by atoms with Gasteiger partial charge in [-0.05, 0) is 40.8 Å². The smallest absolute Gasteiger partial charge is 0.336 e.